The molecule has 1 aliphatic heterocycles. The van der Waals surface area contributed by atoms with Gasteiger partial charge in [0.25, 0.3) is 0 Å². The summed E-state index contributed by atoms with van der Waals surface area (Å²) in [5, 5.41) is 0. The van der Waals surface area contributed by atoms with Crippen LogP contribution in [-0.4, -0.2) is 47.9 Å². The molecule has 4 heteroatoms. The van der Waals surface area contributed by atoms with Gasteiger partial charge in [0, 0.05) is 32.2 Å². The minimum atomic E-state index is -0.0786. The zero-order chi connectivity index (χ0) is 20.8. The summed E-state index contributed by atoms with van der Waals surface area (Å²) < 4.78 is 0. The van der Waals surface area contributed by atoms with E-state index in [1.807, 2.05) is 0 Å². The quantitative estimate of drug-likeness (QED) is 0.559. The highest BCUT2D eigenvalue weighted by molar-refractivity contribution is 5.85. The lowest BCUT2D eigenvalue weighted by Crippen LogP contribution is -2.52. The highest BCUT2D eigenvalue weighted by Gasteiger charge is 2.29. The number of nitrogens with zero attached hydrogens (tertiary/aromatic N) is 2. The predicted molar refractivity (Wildman–Crippen MR) is 131 cm³/mol. The normalized spacial score (nSPS) is 19.3. The smallest absolute Gasteiger partial charge is 0.229 e. The van der Waals surface area contributed by atoms with Gasteiger partial charge >= 0.3 is 0 Å². The fourth-order valence-corrected chi connectivity index (χ4v) is 5.15. The topological polar surface area (TPSA) is 23.6 Å². The van der Waals surface area contributed by atoms with Crippen molar-refractivity contribution in [3.05, 3.63) is 71.3 Å². The van der Waals surface area contributed by atoms with Gasteiger partial charge in [-0.05, 0) is 42.9 Å². The molecule has 2 aromatic carbocycles. The highest BCUT2D eigenvalue weighted by atomic mass is 35.5. The summed E-state index contributed by atoms with van der Waals surface area (Å²) in [6, 6.07) is 19.9. The van der Waals surface area contributed by atoms with E-state index in [-0.39, 0.29) is 24.2 Å². The van der Waals surface area contributed by atoms with Crippen molar-refractivity contribution in [1.29, 1.82) is 0 Å². The average Bonchev–Trinajstić information content (AvgIpc) is 3.09. The van der Waals surface area contributed by atoms with Crippen molar-refractivity contribution in [1.82, 2.24) is 9.80 Å². The maximum absolute atomic E-state index is 13.2. The summed E-state index contributed by atoms with van der Waals surface area (Å²) in [6.45, 7) is 5.91. The molecule has 4 rings (SSSR count). The van der Waals surface area contributed by atoms with Crippen LogP contribution < -0.4 is 0 Å². The third-order valence-electron chi connectivity index (χ3n) is 7.04. The maximum atomic E-state index is 13.2. The van der Waals surface area contributed by atoms with E-state index in [4.69, 9.17) is 0 Å². The van der Waals surface area contributed by atoms with Crippen molar-refractivity contribution < 1.29 is 4.79 Å². The Balaban J connectivity index is 0.00000272. The van der Waals surface area contributed by atoms with Gasteiger partial charge in [-0.1, -0.05) is 80.3 Å². The molecule has 1 saturated heterocycles. The number of halogens is 1. The van der Waals surface area contributed by atoms with Crippen LogP contribution in [0.4, 0.5) is 0 Å². The first-order chi connectivity index (χ1) is 14.7. The third kappa shape index (κ3) is 6.33. The SMILES string of the molecule is CC(C(=O)N1CCN(C2CCCCCC2)CC1)c1cccc(Cc2ccccc2)c1.Cl. The molecule has 31 heavy (non-hydrogen) atoms. The van der Waals surface area contributed by atoms with E-state index >= 15 is 0 Å². The van der Waals surface area contributed by atoms with Gasteiger partial charge in [0.15, 0.2) is 0 Å². The molecule has 1 unspecified atom stereocenters. The second-order valence-corrected chi connectivity index (χ2v) is 9.14. The molecule has 2 aromatic rings. The predicted octanol–water partition coefficient (Wildman–Crippen LogP) is 5.67. The molecule has 0 spiro atoms. The Labute approximate surface area is 194 Å². The molecule has 0 aromatic heterocycles. The first-order valence-corrected chi connectivity index (χ1v) is 11.9. The van der Waals surface area contributed by atoms with Gasteiger partial charge < -0.3 is 4.90 Å². The zero-order valence-corrected chi connectivity index (χ0v) is 19.7. The van der Waals surface area contributed by atoms with Crippen LogP contribution in [0.25, 0.3) is 0 Å². The number of hydrogen-bond acceptors (Lipinski definition) is 2. The number of piperazine rings is 1. The summed E-state index contributed by atoms with van der Waals surface area (Å²) in [5.74, 6) is 0.206. The number of benzene rings is 2. The Morgan fingerprint density at radius 3 is 2.19 bits per heavy atom. The van der Waals surface area contributed by atoms with Crippen LogP contribution in [0.5, 0.6) is 0 Å². The zero-order valence-electron chi connectivity index (χ0n) is 18.8. The Morgan fingerprint density at radius 2 is 1.52 bits per heavy atom. The number of amides is 1. The fourth-order valence-electron chi connectivity index (χ4n) is 5.15. The molecule has 2 fully saturated rings. The number of carbonyl (C=O) groups excluding carboxylic acids is 1. The first kappa shape index (κ1) is 23.8. The van der Waals surface area contributed by atoms with Gasteiger partial charge in [-0.3, -0.25) is 9.69 Å². The molecule has 0 radical (unpaired) electrons. The Morgan fingerprint density at radius 1 is 0.871 bits per heavy atom. The van der Waals surface area contributed by atoms with Crippen molar-refractivity contribution in [2.45, 2.75) is 63.8 Å². The molecular formula is C27H37ClN2O. The third-order valence-corrected chi connectivity index (χ3v) is 7.04. The van der Waals surface area contributed by atoms with Crippen LogP contribution in [0.15, 0.2) is 54.6 Å². The lowest BCUT2D eigenvalue weighted by atomic mass is 9.95. The van der Waals surface area contributed by atoms with Crippen LogP contribution in [0, 0.1) is 0 Å². The van der Waals surface area contributed by atoms with Gasteiger partial charge in [0.2, 0.25) is 5.91 Å². The summed E-state index contributed by atoms with van der Waals surface area (Å²) in [5.41, 5.74) is 3.72. The molecule has 0 bridgehead atoms. The van der Waals surface area contributed by atoms with Crippen LogP contribution in [-0.2, 0) is 11.2 Å². The van der Waals surface area contributed by atoms with E-state index in [9.17, 15) is 4.79 Å². The number of carbonyl (C=O) groups is 1. The summed E-state index contributed by atoms with van der Waals surface area (Å²) in [7, 11) is 0. The standard InChI is InChI=1S/C27H36N2O.ClH/c1-22(25-13-9-12-24(21-25)20-23-10-5-4-6-11-23)27(30)29-18-16-28(17-19-29)26-14-7-2-3-8-15-26;/h4-6,9-13,21-22,26H,2-3,7-8,14-20H2,1H3;1H. The van der Waals surface area contributed by atoms with E-state index < -0.39 is 0 Å². The second-order valence-electron chi connectivity index (χ2n) is 9.14. The Hall–Kier alpha value is -1.84. The minimum Gasteiger partial charge on any atom is -0.340 e. The highest BCUT2D eigenvalue weighted by Crippen LogP contribution is 2.25. The van der Waals surface area contributed by atoms with Crippen LogP contribution in [0.1, 0.15) is 68.1 Å². The van der Waals surface area contributed by atoms with Gasteiger partial charge in [0.05, 0.1) is 5.92 Å². The lowest BCUT2D eigenvalue weighted by molar-refractivity contribution is -0.134. The molecule has 3 nitrogen and oxygen atoms in total. The maximum Gasteiger partial charge on any atom is 0.229 e. The molecule has 2 aliphatic rings. The average molecular weight is 441 g/mol. The van der Waals surface area contributed by atoms with Gasteiger partial charge in [-0.2, -0.15) is 0 Å². The van der Waals surface area contributed by atoms with E-state index in [0.717, 1.165) is 44.2 Å². The molecule has 0 N–H and O–H groups in total. The monoisotopic (exact) mass is 440 g/mol. The second kappa shape index (κ2) is 11.7. The minimum absolute atomic E-state index is 0. The molecule has 1 heterocycles. The molecule has 1 saturated carbocycles. The summed E-state index contributed by atoms with van der Waals surface area (Å²) in [6.07, 6.45) is 9.15. The van der Waals surface area contributed by atoms with E-state index in [2.05, 4.69) is 71.3 Å². The number of rotatable bonds is 5. The van der Waals surface area contributed by atoms with Crippen LogP contribution in [0.2, 0.25) is 0 Å². The summed E-state index contributed by atoms with van der Waals surface area (Å²) in [4.78, 5) is 18.0. The Kier molecular flexibility index (Phi) is 8.98. The fraction of sp³-hybridized carbons (Fsp3) is 0.519. The molecular weight excluding hydrogens is 404 g/mol. The molecule has 1 amide bonds. The van der Waals surface area contributed by atoms with Crippen molar-refractivity contribution in [3.8, 4) is 0 Å². The van der Waals surface area contributed by atoms with E-state index in [1.54, 1.807) is 0 Å². The van der Waals surface area contributed by atoms with Crippen LogP contribution >= 0.6 is 12.4 Å². The largest absolute Gasteiger partial charge is 0.340 e. The lowest BCUT2D eigenvalue weighted by Gasteiger charge is -2.40. The van der Waals surface area contributed by atoms with Gasteiger partial charge in [-0.25, -0.2) is 0 Å². The number of hydrogen-bond donors (Lipinski definition) is 0. The van der Waals surface area contributed by atoms with Crippen molar-refractivity contribution in [2.24, 2.45) is 0 Å². The first-order valence-electron chi connectivity index (χ1n) is 11.9. The molecule has 168 valence electrons. The van der Waals surface area contributed by atoms with Gasteiger partial charge in [0.1, 0.15) is 0 Å². The molecule has 1 aliphatic carbocycles. The van der Waals surface area contributed by atoms with Gasteiger partial charge in [-0.15, -0.1) is 12.4 Å². The van der Waals surface area contributed by atoms with Crippen molar-refractivity contribution in [3.63, 3.8) is 0 Å². The van der Waals surface area contributed by atoms with Crippen molar-refractivity contribution in [2.75, 3.05) is 26.2 Å². The van der Waals surface area contributed by atoms with E-state index in [0.29, 0.717) is 0 Å². The van der Waals surface area contributed by atoms with E-state index in [1.165, 1.54) is 49.7 Å². The van der Waals surface area contributed by atoms with Crippen molar-refractivity contribution >= 4 is 18.3 Å². The van der Waals surface area contributed by atoms with Crippen LogP contribution in [0.3, 0.4) is 0 Å². The summed E-state index contributed by atoms with van der Waals surface area (Å²) >= 11 is 0. The Bertz CT molecular complexity index is 809. The molecule has 1 atom stereocenters.